The number of aryl methyl sites for hydroxylation is 2. The zero-order valence-corrected chi connectivity index (χ0v) is 20.3. The molecule has 1 N–H and O–H groups in total. The van der Waals surface area contributed by atoms with E-state index >= 15 is 0 Å². The van der Waals surface area contributed by atoms with Gasteiger partial charge in [-0.05, 0) is 38.1 Å². The molecule has 0 saturated heterocycles. The zero-order valence-electron chi connectivity index (χ0n) is 20.3. The molecule has 0 aliphatic carbocycles. The first-order chi connectivity index (χ1) is 16.5. The molecule has 7 heteroatoms. The molecule has 1 unspecified atom stereocenters. The predicted octanol–water partition coefficient (Wildman–Crippen LogP) is 4.29. The minimum absolute atomic E-state index is 0.241. The van der Waals surface area contributed by atoms with Crippen LogP contribution >= 0.6 is 0 Å². The van der Waals surface area contributed by atoms with Crippen LogP contribution in [0.25, 0.3) is 5.69 Å². The summed E-state index contributed by atoms with van der Waals surface area (Å²) in [4.78, 5) is 2.13. The van der Waals surface area contributed by atoms with Crippen LogP contribution in [0.3, 0.4) is 0 Å². The molecule has 34 heavy (non-hydrogen) atoms. The molecule has 7 nitrogen and oxygen atoms in total. The van der Waals surface area contributed by atoms with Crippen molar-refractivity contribution in [3.05, 3.63) is 84.1 Å². The van der Waals surface area contributed by atoms with Gasteiger partial charge in [-0.1, -0.05) is 42.0 Å². The Hall–Kier alpha value is -2.97. The fraction of sp³-hybridized carbons (Fsp3) is 0.370. The van der Waals surface area contributed by atoms with Crippen LogP contribution in [0.4, 0.5) is 0 Å². The van der Waals surface area contributed by atoms with Gasteiger partial charge in [0.25, 0.3) is 0 Å². The Kier molecular flexibility index (Phi) is 9.85. The summed E-state index contributed by atoms with van der Waals surface area (Å²) in [5, 5.41) is 15.3. The van der Waals surface area contributed by atoms with E-state index in [4.69, 9.17) is 19.3 Å². The third-order valence-electron chi connectivity index (χ3n) is 5.38. The van der Waals surface area contributed by atoms with Crippen molar-refractivity contribution in [2.45, 2.75) is 26.5 Å². The van der Waals surface area contributed by atoms with Crippen molar-refractivity contribution in [3.63, 3.8) is 0 Å². The van der Waals surface area contributed by atoms with Gasteiger partial charge in [0.15, 0.2) is 0 Å². The number of hydrogen-bond donors (Lipinski definition) is 1. The van der Waals surface area contributed by atoms with Crippen LogP contribution < -0.4 is 4.74 Å². The zero-order chi connectivity index (χ0) is 24.3. The summed E-state index contributed by atoms with van der Waals surface area (Å²) in [7, 11) is 1.67. The Morgan fingerprint density at radius 2 is 1.85 bits per heavy atom. The number of ether oxygens (including phenoxy) is 3. The minimum Gasteiger partial charge on any atom is -0.439 e. The highest BCUT2D eigenvalue weighted by Gasteiger charge is 2.22. The molecule has 0 fully saturated rings. The SMILES string of the molecule is C=CCOCC(O)CN(CCOC)Cc1c(C)nn(-c2ccccc2)c1Oc1ccc(C)cc1. The molecule has 0 spiro atoms. The third kappa shape index (κ3) is 7.27. The number of aliphatic hydroxyl groups excluding tert-OH is 1. The van der Waals surface area contributed by atoms with E-state index < -0.39 is 6.10 Å². The average molecular weight is 466 g/mol. The maximum atomic E-state index is 10.5. The molecule has 2 aromatic carbocycles. The highest BCUT2D eigenvalue weighted by atomic mass is 16.5. The molecule has 3 aromatic rings. The summed E-state index contributed by atoms with van der Waals surface area (Å²) in [5.74, 6) is 1.40. The van der Waals surface area contributed by atoms with E-state index in [1.54, 1.807) is 13.2 Å². The van der Waals surface area contributed by atoms with Crippen molar-refractivity contribution in [2.24, 2.45) is 0 Å². The number of nitrogens with zero attached hydrogens (tertiary/aromatic N) is 3. The van der Waals surface area contributed by atoms with Gasteiger partial charge in [-0.3, -0.25) is 4.90 Å². The van der Waals surface area contributed by atoms with Crippen molar-refractivity contribution in [3.8, 4) is 17.3 Å². The van der Waals surface area contributed by atoms with E-state index in [9.17, 15) is 5.11 Å². The van der Waals surface area contributed by atoms with Crippen LogP contribution in [0.15, 0.2) is 67.3 Å². The molecule has 1 heterocycles. The van der Waals surface area contributed by atoms with Crippen LogP contribution in [0.1, 0.15) is 16.8 Å². The Balaban J connectivity index is 1.91. The lowest BCUT2D eigenvalue weighted by Gasteiger charge is -2.25. The number of hydrogen-bond acceptors (Lipinski definition) is 6. The van der Waals surface area contributed by atoms with Gasteiger partial charge in [0.2, 0.25) is 5.88 Å². The molecule has 0 saturated carbocycles. The Bertz CT molecular complexity index is 1020. The molecule has 0 aliphatic heterocycles. The van der Waals surface area contributed by atoms with Gasteiger partial charge in [0, 0.05) is 26.7 Å². The molecular weight excluding hydrogens is 430 g/mol. The quantitative estimate of drug-likeness (QED) is 0.283. The van der Waals surface area contributed by atoms with Crippen molar-refractivity contribution in [2.75, 3.05) is 40.0 Å². The van der Waals surface area contributed by atoms with Crippen LogP contribution in [0.2, 0.25) is 0 Å². The van der Waals surface area contributed by atoms with Crippen molar-refractivity contribution in [1.29, 1.82) is 0 Å². The number of rotatable bonds is 14. The average Bonchev–Trinajstić information content (AvgIpc) is 3.14. The maximum absolute atomic E-state index is 10.5. The summed E-state index contributed by atoms with van der Waals surface area (Å²) in [6.45, 7) is 10.5. The summed E-state index contributed by atoms with van der Waals surface area (Å²) in [6.07, 6.45) is 1.04. The number of aliphatic hydroxyl groups is 1. The van der Waals surface area contributed by atoms with E-state index in [0.29, 0.717) is 38.7 Å². The predicted molar refractivity (Wildman–Crippen MR) is 134 cm³/mol. The first kappa shape index (κ1) is 25.6. The van der Waals surface area contributed by atoms with Crippen LogP contribution in [0.5, 0.6) is 11.6 Å². The Morgan fingerprint density at radius 3 is 2.53 bits per heavy atom. The number of benzene rings is 2. The summed E-state index contributed by atoms with van der Waals surface area (Å²) < 4.78 is 19.0. The smallest absolute Gasteiger partial charge is 0.227 e. The summed E-state index contributed by atoms with van der Waals surface area (Å²) >= 11 is 0. The Labute approximate surface area is 202 Å². The second-order valence-electron chi connectivity index (χ2n) is 8.24. The Morgan fingerprint density at radius 1 is 1.12 bits per heavy atom. The highest BCUT2D eigenvalue weighted by molar-refractivity contribution is 5.43. The number of para-hydroxylation sites is 1. The fourth-order valence-corrected chi connectivity index (χ4v) is 3.60. The molecule has 0 amide bonds. The van der Waals surface area contributed by atoms with E-state index in [0.717, 1.165) is 22.7 Å². The van der Waals surface area contributed by atoms with E-state index in [2.05, 4.69) is 11.5 Å². The van der Waals surface area contributed by atoms with Gasteiger partial charge in [-0.15, -0.1) is 6.58 Å². The fourth-order valence-electron chi connectivity index (χ4n) is 3.60. The normalized spacial score (nSPS) is 12.1. The molecule has 0 radical (unpaired) electrons. The van der Waals surface area contributed by atoms with Gasteiger partial charge in [-0.2, -0.15) is 5.10 Å². The molecule has 0 bridgehead atoms. The van der Waals surface area contributed by atoms with Crippen molar-refractivity contribution in [1.82, 2.24) is 14.7 Å². The summed E-state index contributed by atoms with van der Waals surface area (Å²) in [6, 6.07) is 17.9. The van der Waals surface area contributed by atoms with E-state index in [-0.39, 0.29) is 6.61 Å². The summed E-state index contributed by atoms with van der Waals surface area (Å²) in [5.41, 5.74) is 3.91. The number of aromatic nitrogens is 2. The van der Waals surface area contributed by atoms with Gasteiger partial charge in [-0.25, -0.2) is 4.68 Å². The third-order valence-corrected chi connectivity index (χ3v) is 5.38. The van der Waals surface area contributed by atoms with Crippen molar-refractivity contribution >= 4 is 0 Å². The lowest BCUT2D eigenvalue weighted by Crippen LogP contribution is -2.36. The van der Waals surface area contributed by atoms with Gasteiger partial charge < -0.3 is 19.3 Å². The van der Waals surface area contributed by atoms with Crippen LogP contribution in [-0.4, -0.2) is 65.9 Å². The van der Waals surface area contributed by atoms with E-state index in [1.807, 2.05) is 73.1 Å². The molecule has 3 rings (SSSR count). The first-order valence-corrected chi connectivity index (χ1v) is 11.5. The molecule has 0 aliphatic rings. The van der Waals surface area contributed by atoms with E-state index in [1.165, 1.54) is 5.56 Å². The molecular formula is C27H35N3O4. The standard InChI is InChI=1S/C27H35N3O4/c1-5-16-33-20-24(31)18-29(15-17-32-4)19-26-22(3)28-30(23-9-7-6-8-10-23)27(26)34-25-13-11-21(2)12-14-25/h5-14,24,31H,1,15-20H2,2-4H3. The molecule has 1 atom stereocenters. The van der Waals surface area contributed by atoms with Crippen molar-refractivity contribution < 1.29 is 19.3 Å². The van der Waals surface area contributed by atoms with Gasteiger partial charge in [0.1, 0.15) is 5.75 Å². The van der Waals surface area contributed by atoms with Crippen LogP contribution in [0, 0.1) is 13.8 Å². The van der Waals surface area contributed by atoms with Gasteiger partial charge >= 0.3 is 0 Å². The first-order valence-electron chi connectivity index (χ1n) is 11.5. The minimum atomic E-state index is -0.636. The topological polar surface area (TPSA) is 69.0 Å². The van der Waals surface area contributed by atoms with Crippen LogP contribution in [-0.2, 0) is 16.0 Å². The number of methoxy groups -OCH3 is 1. The lowest BCUT2D eigenvalue weighted by atomic mass is 10.2. The largest absolute Gasteiger partial charge is 0.439 e. The second kappa shape index (κ2) is 13.1. The second-order valence-corrected chi connectivity index (χ2v) is 8.24. The lowest BCUT2D eigenvalue weighted by molar-refractivity contribution is 0.0192. The highest BCUT2D eigenvalue weighted by Crippen LogP contribution is 2.31. The molecule has 182 valence electrons. The van der Waals surface area contributed by atoms with Gasteiger partial charge in [0.05, 0.1) is 42.9 Å². The monoisotopic (exact) mass is 465 g/mol. The molecule has 1 aromatic heterocycles. The maximum Gasteiger partial charge on any atom is 0.227 e.